The summed E-state index contributed by atoms with van der Waals surface area (Å²) < 4.78 is 5.24. The van der Waals surface area contributed by atoms with Gasteiger partial charge in [-0.25, -0.2) is 4.98 Å². The van der Waals surface area contributed by atoms with Crippen LogP contribution in [0.3, 0.4) is 0 Å². The van der Waals surface area contributed by atoms with E-state index in [-0.39, 0.29) is 0 Å². The van der Waals surface area contributed by atoms with E-state index in [0.29, 0.717) is 0 Å². The van der Waals surface area contributed by atoms with Crippen LogP contribution in [0.1, 0.15) is 5.82 Å². The molecule has 0 amide bonds. The van der Waals surface area contributed by atoms with Crippen molar-refractivity contribution in [2.45, 2.75) is 6.16 Å². The van der Waals surface area contributed by atoms with E-state index in [2.05, 4.69) is 32.0 Å². The predicted octanol–water partition coefficient (Wildman–Crippen LogP) is 3.46. The highest BCUT2D eigenvalue weighted by Gasteiger charge is 2.07. The number of hydrogen-bond donors (Lipinski definition) is 1. The van der Waals surface area contributed by atoms with Gasteiger partial charge in [0.2, 0.25) is 0 Å². The van der Waals surface area contributed by atoms with Gasteiger partial charge in [-0.2, -0.15) is 0 Å². The summed E-state index contributed by atoms with van der Waals surface area (Å²) in [5, 5.41) is 0. The minimum absolute atomic E-state index is 0.415. The summed E-state index contributed by atoms with van der Waals surface area (Å²) in [6.45, 7) is 0. The van der Waals surface area contributed by atoms with E-state index in [1.54, 1.807) is 7.11 Å². The lowest BCUT2D eigenvalue weighted by Gasteiger charge is -2.02. The number of halogens is 1. The average molecular weight is 320 g/mol. The van der Waals surface area contributed by atoms with Gasteiger partial charge in [0.25, 0.3) is 0 Å². The molecule has 74 valence electrons. The van der Waals surface area contributed by atoms with Gasteiger partial charge in [-0.3, -0.25) is 0 Å². The highest BCUT2D eigenvalue weighted by Crippen LogP contribution is 2.47. The monoisotopic (exact) mass is 320 g/mol. The number of H-pyrrole nitrogens is 1. The molecule has 0 saturated carbocycles. The SMILES string of the molecule is COP(I)Cc1nc2ccccc2[nH]1. The Morgan fingerprint density at radius 1 is 1.50 bits per heavy atom. The zero-order valence-electron chi connectivity index (χ0n) is 7.70. The van der Waals surface area contributed by atoms with Crippen LogP contribution in [0.5, 0.6) is 0 Å². The van der Waals surface area contributed by atoms with Gasteiger partial charge < -0.3 is 9.51 Å². The summed E-state index contributed by atoms with van der Waals surface area (Å²) in [6.07, 6.45) is 0.876. The van der Waals surface area contributed by atoms with Gasteiger partial charge in [0.15, 0.2) is 0 Å². The molecule has 1 aromatic carbocycles. The topological polar surface area (TPSA) is 37.9 Å². The number of aromatic amines is 1. The Morgan fingerprint density at radius 3 is 3.00 bits per heavy atom. The molecule has 14 heavy (non-hydrogen) atoms. The quantitative estimate of drug-likeness (QED) is 0.695. The maximum absolute atomic E-state index is 5.24. The summed E-state index contributed by atoms with van der Waals surface area (Å²) in [4.78, 5) is 7.76. The number of para-hydroxylation sites is 2. The van der Waals surface area contributed by atoms with Crippen LogP contribution in [0.2, 0.25) is 0 Å². The molecule has 0 saturated heterocycles. The summed E-state index contributed by atoms with van der Waals surface area (Å²) in [5.74, 6) is 0.593. The van der Waals surface area contributed by atoms with Gasteiger partial charge in [-0.15, -0.1) is 0 Å². The maximum Gasteiger partial charge on any atom is 0.114 e. The van der Waals surface area contributed by atoms with Gasteiger partial charge in [0.05, 0.1) is 17.2 Å². The minimum atomic E-state index is -0.415. The maximum atomic E-state index is 5.24. The molecule has 2 aromatic rings. The van der Waals surface area contributed by atoms with Gasteiger partial charge in [-0.05, 0) is 34.2 Å². The molecular weight excluding hydrogens is 310 g/mol. The predicted molar refractivity (Wildman–Crippen MR) is 67.7 cm³/mol. The highest BCUT2D eigenvalue weighted by molar-refractivity contribution is 14.2. The van der Waals surface area contributed by atoms with Crippen molar-refractivity contribution in [2.24, 2.45) is 0 Å². The average Bonchev–Trinajstić information content (AvgIpc) is 2.59. The van der Waals surface area contributed by atoms with Gasteiger partial charge >= 0.3 is 0 Å². The molecule has 1 unspecified atom stereocenters. The molecular formula is C9H10IN2OP. The Morgan fingerprint density at radius 2 is 2.29 bits per heavy atom. The number of imidazole rings is 1. The summed E-state index contributed by atoms with van der Waals surface area (Å²) in [6, 6.07) is 8.05. The zero-order valence-corrected chi connectivity index (χ0v) is 10.7. The van der Waals surface area contributed by atoms with Crippen LogP contribution < -0.4 is 0 Å². The summed E-state index contributed by atoms with van der Waals surface area (Å²) >= 11 is 2.32. The Bertz CT molecular complexity index is 398. The lowest BCUT2D eigenvalue weighted by Crippen LogP contribution is -1.83. The van der Waals surface area contributed by atoms with E-state index in [1.165, 1.54) is 0 Å². The largest absolute Gasteiger partial charge is 0.351 e. The first kappa shape index (κ1) is 10.3. The summed E-state index contributed by atoms with van der Waals surface area (Å²) in [5.41, 5.74) is 2.12. The first-order valence-electron chi connectivity index (χ1n) is 4.20. The van der Waals surface area contributed by atoms with Crippen LogP contribution >= 0.6 is 27.8 Å². The number of benzene rings is 1. The molecule has 0 aliphatic heterocycles. The number of nitrogens with one attached hydrogen (secondary N) is 1. The van der Waals surface area contributed by atoms with E-state index in [4.69, 9.17) is 4.52 Å². The number of rotatable bonds is 3. The van der Waals surface area contributed by atoms with E-state index < -0.39 is 5.79 Å². The second-order valence-electron chi connectivity index (χ2n) is 2.86. The molecule has 0 bridgehead atoms. The first-order chi connectivity index (χ1) is 6.79. The Kier molecular flexibility index (Phi) is 3.36. The van der Waals surface area contributed by atoms with Crippen LogP contribution in [-0.2, 0) is 10.7 Å². The molecule has 1 atom stereocenters. The minimum Gasteiger partial charge on any atom is -0.351 e. The normalized spacial score (nSPS) is 13.3. The van der Waals surface area contributed by atoms with Crippen molar-refractivity contribution in [3.05, 3.63) is 30.1 Å². The molecule has 0 fully saturated rings. The number of hydrogen-bond acceptors (Lipinski definition) is 2. The molecule has 1 heterocycles. The lowest BCUT2D eigenvalue weighted by atomic mass is 10.3. The lowest BCUT2D eigenvalue weighted by molar-refractivity contribution is 0.472. The molecule has 0 aliphatic rings. The summed E-state index contributed by atoms with van der Waals surface area (Å²) in [7, 11) is 1.74. The third-order valence-corrected chi connectivity index (χ3v) is 5.06. The molecule has 1 N–H and O–H groups in total. The van der Waals surface area contributed by atoms with Crippen molar-refractivity contribution in [1.29, 1.82) is 0 Å². The Hall–Kier alpha value is -0.190. The van der Waals surface area contributed by atoms with Crippen molar-refractivity contribution in [3.8, 4) is 0 Å². The zero-order chi connectivity index (χ0) is 9.97. The fraction of sp³-hybridized carbons (Fsp3) is 0.222. The first-order valence-corrected chi connectivity index (χ1v) is 8.43. The second-order valence-corrected chi connectivity index (χ2v) is 7.40. The molecule has 3 nitrogen and oxygen atoms in total. The van der Waals surface area contributed by atoms with E-state index in [0.717, 1.165) is 23.0 Å². The van der Waals surface area contributed by atoms with Crippen molar-refractivity contribution < 1.29 is 4.52 Å². The Labute approximate surface area is 96.6 Å². The van der Waals surface area contributed by atoms with Gasteiger partial charge in [0, 0.05) is 7.11 Å². The van der Waals surface area contributed by atoms with Gasteiger partial charge in [0.1, 0.15) is 11.6 Å². The standard InChI is InChI=1S/C9H10IN2OP/c1-13-14(10)6-9-11-7-4-2-3-5-8(7)12-9/h2-5H,6H2,1H3,(H,11,12). The fourth-order valence-corrected chi connectivity index (χ4v) is 2.75. The van der Waals surface area contributed by atoms with Crippen LogP contribution in [0.15, 0.2) is 24.3 Å². The fourth-order valence-electron chi connectivity index (χ4n) is 1.26. The molecule has 5 heteroatoms. The molecule has 2 rings (SSSR count). The van der Waals surface area contributed by atoms with Crippen molar-refractivity contribution in [3.63, 3.8) is 0 Å². The van der Waals surface area contributed by atoms with E-state index in [1.807, 2.05) is 24.3 Å². The number of nitrogens with zero attached hydrogens (tertiary/aromatic N) is 1. The Balaban J connectivity index is 2.27. The van der Waals surface area contributed by atoms with Crippen molar-refractivity contribution >= 4 is 38.9 Å². The number of aromatic nitrogens is 2. The van der Waals surface area contributed by atoms with Crippen molar-refractivity contribution in [1.82, 2.24) is 9.97 Å². The smallest absolute Gasteiger partial charge is 0.114 e. The molecule has 0 aliphatic carbocycles. The molecule has 0 radical (unpaired) electrons. The van der Waals surface area contributed by atoms with Crippen LogP contribution in [0.4, 0.5) is 0 Å². The van der Waals surface area contributed by atoms with Crippen molar-refractivity contribution in [2.75, 3.05) is 7.11 Å². The third kappa shape index (κ3) is 2.24. The molecule has 0 spiro atoms. The highest BCUT2D eigenvalue weighted by atomic mass is 127. The number of fused-ring (bicyclic) bond motifs is 1. The van der Waals surface area contributed by atoms with Gasteiger partial charge in [-0.1, -0.05) is 12.1 Å². The van der Waals surface area contributed by atoms with Crippen LogP contribution in [0.25, 0.3) is 11.0 Å². The van der Waals surface area contributed by atoms with Crippen LogP contribution in [-0.4, -0.2) is 17.1 Å². The van der Waals surface area contributed by atoms with E-state index >= 15 is 0 Å². The van der Waals surface area contributed by atoms with Crippen LogP contribution in [0, 0.1) is 0 Å². The second kappa shape index (κ2) is 4.55. The molecule has 1 aromatic heterocycles. The third-order valence-electron chi connectivity index (χ3n) is 1.91. The van der Waals surface area contributed by atoms with E-state index in [9.17, 15) is 0 Å².